The molecule has 0 bridgehead atoms. The van der Waals surface area contributed by atoms with Gasteiger partial charge in [0.1, 0.15) is 6.54 Å². The number of aryl methyl sites for hydroxylation is 1. The van der Waals surface area contributed by atoms with Crippen LogP contribution in [0.1, 0.15) is 37.7 Å². The number of esters is 1. The Morgan fingerprint density at radius 2 is 1.89 bits per heavy atom. The van der Waals surface area contributed by atoms with E-state index < -0.39 is 35.1 Å². The van der Waals surface area contributed by atoms with Crippen molar-refractivity contribution in [1.29, 1.82) is 0 Å². The van der Waals surface area contributed by atoms with Crippen molar-refractivity contribution >= 4 is 21.9 Å². The highest BCUT2D eigenvalue weighted by molar-refractivity contribution is 7.89. The molecule has 0 aliphatic heterocycles. The molecule has 0 unspecified atom stereocenters. The number of likely N-dealkylation sites (N-methyl/N-ethyl adjacent to an activating group) is 1. The first-order valence-electron chi connectivity index (χ1n) is 9.42. The van der Waals surface area contributed by atoms with Gasteiger partial charge >= 0.3 is 5.97 Å². The van der Waals surface area contributed by atoms with E-state index in [9.17, 15) is 18.0 Å². The standard InChI is InChI=1S/C20H28N2O5S/c1-16-8-10-18(11-9-16)28(25,26)22(2)14-20(24)27-15-19(23)21-13-12-17-6-4-3-5-7-17/h6,8-11H,3-5,7,12-15H2,1-2H3,(H,21,23). The third-order valence-corrected chi connectivity index (χ3v) is 6.42. The molecule has 1 aliphatic rings. The van der Waals surface area contributed by atoms with Gasteiger partial charge in [-0.2, -0.15) is 4.31 Å². The van der Waals surface area contributed by atoms with Crippen molar-refractivity contribution in [2.24, 2.45) is 0 Å². The Balaban J connectivity index is 1.72. The van der Waals surface area contributed by atoms with Crippen LogP contribution < -0.4 is 5.32 Å². The molecule has 0 spiro atoms. The summed E-state index contributed by atoms with van der Waals surface area (Å²) in [6.07, 6.45) is 7.61. The van der Waals surface area contributed by atoms with Gasteiger partial charge in [0.2, 0.25) is 10.0 Å². The van der Waals surface area contributed by atoms with E-state index in [2.05, 4.69) is 11.4 Å². The predicted octanol–water partition coefficient (Wildman–Crippen LogP) is 2.17. The van der Waals surface area contributed by atoms with Gasteiger partial charge in [0.15, 0.2) is 6.61 Å². The van der Waals surface area contributed by atoms with Gasteiger partial charge in [-0.25, -0.2) is 8.42 Å². The molecule has 1 amide bonds. The summed E-state index contributed by atoms with van der Waals surface area (Å²) in [6.45, 7) is 1.48. The van der Waals surface area contributed by atoms with Crippen LogP contribution in [0.5, 0.6) is 0 Å². The highest BCUT2D eigenvalue weighted by atomic mass is 32.2. The van der Waals surface area contributed by atoms with E-state index in [1.165, 1.54) is 37.6 Å². The number of ether oxygens (including phenoxy) is 1. The number of benzene rings is 1. The van der Waals surface area contributed by atoms with Crippen LogP contribution >= 0.6 is 0 Å². The van der Waals surface area contributed by atoms with Gasteiger partial charge < -0.3 is 10.1 Å². The van der Waals surface area contributed by atoms with Crippen LogP contribution in [-0.2, 0) is 24.3 Å². The summed E-state index contributed by atoms with van der Waals surface area (Å²) in [7, 11) is -2.49. The second-order valence-electron chi connectivity index (χ2n) is 6.94. The molecule has 8 heteroatoms. The first-order chi connectivity index (χ1) is 13.3. The minimum atomic E-state index is -3.79. The van der Waals surface area contributed by atoms with Crippen molar-refractivity contribution in [3.63, 3.8) is 0 Å². The number of nitrogens with zero attached hydrogens (tertiary/aromatic N) is 1. The van der Waals surface area contributed by atoms with Gasteiger partial charge in [0, 0.05) is 13.6 Å². The lowest BCUT2D eigenvalue weighted by Crippen LogP contribution is -2.35. The molecule has 0 fully saturated rings. The molecule has 7 nitrogen and oxygen atoms in total. The topological polar surface area (TPSA) is 92.8 Å². The third kappa shape index (κ3) is 6.76. The Hall–Kier alpha value is -2.19. The quantitative estimate of drug-likeness (QED) is 0.499. The fraction of sp³-hybridized carbons (Fsp3) is 0.500. The average Bonchev–Trinajstić information content (AvgIpc) is 2.67. The van der Waals surface area contributed by atoms with Gasteiger partial charge in [0.05, 0.1) is 4.90 Å². The summed E-state index contributed by atoms with van der Waals surface area (Å²) in [5, 5.41) is 2.71. The number of hydrogen-bond donors (Lipinski definition) is 1. The van der Waals surface area contributed by atoms with Crippen LogP contribution in [0.3, 0.4) is 0 Å². The SMILES string of the molecule is Cc1ccc(S(=O)(=O)N(C)CC(=O)OCC(=O)NCCC2=CCCCC2)cc1. The molecule has 2 rings (SSSR count). The maximum absolute atomic E-state index is 12.4. The smallest absolute Gasteiger partial charge is 0.321 e. The van der Waals surface area contributed by atoms with E-state index in [0.717, 1.165) is 29.1 Å². The number of rotatable bonds is 9. The van der Waals surface area contributed by atoms with Crippen molar-refractivity contribution in [2.45, 2.75) is 43.9 Å². The van der Waals surface area contributed by atoms with E-state index in [0.29, 0.717) is 6.54 Å². The molecule has 0 atom stereocenters. The fourth-order valence-electron chi connectivity index (χ4n) is 2.89. The van der Waals surface area contributed by atoms with Crippen LogP contribution in [0.4, 0.5) is 0 Å². The summed E-state index contributed by atoms with van der Waals surface area (Å²) in [6, 6.07) is 6.35. The van der Waals surface area contributed by atoms with E-state index >= 15 is 0 Å². The first-order valence-corrected chi connectivity index (χ1v) is 10.9. The number of hydrogen-bond acceptors (Lipinski definition) is 5. The van der Waals surface area contributed by atoms with Crippen molar-refractivity contribution in [3.05, 3.63) is 41.5 Å². The number of allylic oxidation sites excluding steroid dienone is 1. The molecule has 1 N–H and O–H groups in total. The van der Waals surface area contributed by atoms with Crippen LogP contribution in [-0.4, -0.2) is 51.3 Å². The van der Waals surface area contributed by atoms with Gasteiger partial charge in [-0.1, -0.05) is 29.3 Å². The van der Waals surface area contributed by atoms with E-state index in [1.807, 2.05) is 6.92 Å². The Bertz CT molecular complexity index is 816. The zero-order valence-electron chi connectivity index (χ0n) is 16.4. The first kappa shape index (κ1) is 22.1. The fourth-order valence-corrected chi connectivity index (χ4v) is 4.01. The number of sulfonamides is 1. The van der Waals surface area contributed by atoms with Crippen molar-refractivity contribution in [1.82, 2.24) is 9.62 Å². The zero-order valence-corrected chi connectivity index (χ0v) is 17.3. The van der Waals surface area contributed by atoms with Crippen LogP contribution in [0.15, 0.2) is 40.8 Å². The molecule has 1 aromatic carbocycles. The Labute approximate surface area is 166 Å². The van der Waals surface area contributed by atoms with Crippen LogP contribution in [0, 0.1) is 6.92 Å². The zero-order chi connectivity index (χ0) is 20.6. The summed E-state index contributed by atoms with van der Waals surface area (Å²) in [5.74, 6) is -1.17. The second-order valence-corrected chi connectivity index (χ2v) is 8.99. The lowest BCUT2D eigenvalue weighted by Gasteiger charge is -2.16. The second kappa shape index (κ2) is 10.4. The number of amides is 1. The molecule has 1 aromatic rings. The highest BCUT2D eigenvalue weighted by Gasteiger charge is 2.23. The van der Waals surface area contributed by atoms with Crippen molar-refractivity contribution in [2.75, 3.05) is 26.7 Å². The van der Waals surface area contributed by atoms with Crippen molar-refractivity contribution < 1.29 is 22.7 Å². The number of carbonyl (C=O) groups is 2. The summed E-state index contributed by atoms with van der Waals surface area (Å²) in [5.41, 5.74) is 2.29. The summed E-state index contributed by atoms with van der Waals surface area (Å²) in [4.78, 5) is 23.8. The molecule has 28 heavy (non-hydrogen) atoms. The summed E-state index contributed by atoms with van der Waals surface area (Å²) >= 11 is 0. The van der Waals surface area contributed by atoms with Crippen molar-refractivity contribution in [3.8, 4) is 0 Å². The molecule has 154 valence electrons. The van der Waals surface area contributed by atoms with E-state index in [4.69, 9.17) is 4.74 Å². The largest absolute Gasteiger partial charge is 0.455 e. The van der Waals surface area contributed by atoms with Gasteiger partial charge in [0.25, 0.3) is 5.91 Å². The third-order valence-electron chi connectivity index (χ3n) is 4.60. The van der Waals surface area contributed by atoms with Crippen LogP contribution in [0.25, 0.3) is 0 Å². The number of nitrogens with one attached hydrogen (secondary N) is 1. The highest BCUT2D eigenvalue weighted by Crippen LogP contribution is 2.19. The minimum Gasteiger partial charge on any atom is -0.455 e. The molecular formula is C20H28N2O5S. The van der Waals surface area contributed by atoms with E-state index in [-0.39, 0.29) is 4.90 Å². The Kier molecular flexibility index (Phi) is 8.19. The predicted molar refractivity (Wildman–Crippen MR) is 106 cm³/mol. The molecule has 0 saturated carbocycles. The van der Waals surface area contributed by atoms with Gasteiger partial charge in [-0.15, -0.1) is 0 Å². The maximum Gasteiger partial charge on any atom is 0.321 e. The number of carbonyl (C=O) groups excluding carboxylic acids is 2. The lowest BCUT2D eigenvalue weighted by molar-refractivity contribution is -0.148. The molecule has 0 heterocycles. The Morgan fingerprint density at radius 1 is 1.18 bits per heavy atom. The maximum atomic E-state index is 12.4. The molecule has 0 radical (unpaired) electrons. The minimum absolute atomic E-state index is 0.100. The normalized spacial score (nSPS) is 14.5. The molecule has 0 aromatic heterocycles. The van der Waals surface area contributed by atoms with Gasteiger partial charge in [-0.3, -0.25) is 9.59 Å². The lowest BCUT2D eigenvalue weighted by atomic mass is 9.97. The monoisotopic (exact) mass is 408 g/mol. The van der Waals surface area contributed by atoms with Crippen LogP contribution in [0.2, 0.25) is 0 Å². The Morgan fingerprint density at radius 3 is 2.54 bits per heavy atom. The van der Waals surface area contributed by atoms with Gasteiger partial charge in [-0.05, 0) is 51.2 Å². The molecule has 0 saturated heterocycles. The average molecular weight is 409 g/mol. The van der Waals surface area contributed by atoms with E-state index in [1.54, 1.807) is 12.1 Å². The molecule has 1 aliphatic carbocycles. The molecular weight excluding hydrogens is 380 g/mol. The summed E-state index contributed by atoms with van der Waals surface area (Å²) < 4.78 is 30.7.